The number of rotatable bonds is 4. The maximum Gasteiger partial charge on any atom is 0.184 e. The number of hydrogen-bond donors (Lipinski definition) is 1. The summed E-state index contributed by atoms with van der Waals surface area (Å²) in [6.45, 7) is 6.23. The third-order valence-corrected chi connectivity index (χ3v) is 4.48. The number of nitriles is 1. The zero-order chi connectivity index (χ0) is 15.4. The molecule has 0 bridgehead atoms. The van der Waals surface area contributed by atoms with Gasteiger partial charge in [-0.05, 0) is 26.3 Å². The highest BCUT2D eigenvalue weighted by molar-refractivity contribution is 7.73. The van der Waals surface area contributed by atoms with E-state index in [0.29, 0.717) is 21.1 Å². The largest absolute Gasteiger partial charge is 0.359 e. The lowest BCUT2D eigenvalue weighted by Crippen LogP contribution is -2.14. The van der Waals surface area contributed by atoms with Gasteiger partial charge in [0.15, 0.2) is 5.13 Å². The fourth-order valence-electron chi connectivity index (χ4n) is 1.89. The molecular weight excluding hydrogens is 298 g/mol. The van der Waals surface area contributed by atoms with Crippen LogP contribution in [0.25, 0.3) is 11.3 Å². The van der Waals surface area contributed by atoms with Gasteiger partial charge in [0.05, 0.1) is 5.69 Å². The van der Waals surface area contributed by atoms with Crippen LogP contribution in [-0.2, 0) is 0 Å². The molecule has 3 nitrogen and oxygen atoms in total. The minimum absolute atomic E-state index is 0.321. The molecule has 0 aliphatic heterocycles. The predicted octanol–water partition coefficient (Wildman–Crippen LogP) is 4.93. The Kier molecular flexibility index (Phi) is 5.05. The van der Waals surface area contributed by atoms with E-state index in [1.165, 1.54) is 11.3 Å². The first-order valence-corrected chi connectivity index (χ1v) is 8.06. The van der Waals surface area contributed by atoms with Crippen molar-refractivity contribution in [3.05, 3.63) is 39.2 Å². The van der Waals surface area contributed by atoms with Crippen LogP contribution in [0.1, 0.15) is 31.4 Å². The minimum atomic E-state index is 0.321. The topological polar surface area (TPSA) is 48.7 Å². The van der Waals surface area contributed by atoms with Gasteiger partial charge in [-0.3, -0.25) is 0 Å². The Morgan fingerprint density at radius 2 is 2.24 bits per heavy atom. The second kappa shape index (κ2) is 6.79. The maximum atomic E-state index is 9.38. The van der Waals surface area contributed by atoms with Gasteiger partial charge in [-0.2, -0.15) is 5.26 Å². The highest BCUT2D eigenvalue weighted by Crippen LogP contribution is 2.28. The molecule has 0 spiro atoms. The minimum Gasteiger partial charge on any atom is -0.359 e. The van der Waals surface area contributed by atoms with Crippen LogP contribution in [0.4, 0.5) is 5.13 Å². The van der Waals surface area contributed by atoms with Crippen molar-refractivity contribution in [1.29, 1.82) is 5.26 Å². The monoisotopic (exact) mass is 315 g/mol. The number of aromatic nitrogens is 1. The van der Waals surface area contributed by atoms with Crippen LogP contribution in [0.15, 0.2) is 24.3 Å². The summed E-state index contributed by atoms with van der Waals surface area (Å²) < 4.78 is 0.579. The number of aryl methyl sites for hydroxylation is 1. The van der Waals surface area contributed by atoms with Gasteiger partial charge < -0.3 is 5.32 Å². The number of nitrogens with zero attached hydrogens (tertiary/aromatic N) is 2. The second-order valence-electron chi connectivity index (χ2n) is 4.96. The van der Waals surface area contributed by atoms with Gasteiger partial charge in [-0.25, -0.2) is 4.98 Å². The molecule has 0 fully saturated rings. The van der Waals surface area contributed by atoms with Gasteiger partial charge in [0.25, 0.3) is 0 Å². The molecule has 1 N–H and O–H groups in total. The SMILES string of the molecule is CCC(C)Nc1nc(-c2cccc(C)c2)c(C#N)c(=S)s1. The first-order chi connectivity index (χ1) is 10.0. The van der Waals surface area contributed by atoms with Crippen molar-refractivity contribution in [3.8, 4) is 17.3 Å². The lowest BCUT2D eigenvalue weighted by Gasteiger charge is -2.13. The van der Waals surface area contributed by atoms with Gasteiger partial charge in [-0.15, -0.1) is 0 Å². The molecule has 1 unspecified atom stereocenters. The van der Waals surface area contributed by atoms with Crippen molar-refractivity contribution < 1.29 is 0 Å². The van der Waals surface area contributed by atoms with Gasteiger partial charge in [0, 0.05) is 11.6 Å². The molecular formula is C16H17N3S2. The standard InChI is InChI=1S/C16H17N3S2/c1-4-11(3)18-16-19-14(13(9-17)15(20)21-16)12-7-5-6-10(2)8-12/h5-8,11H,4H2,1-3H3,(H,18,19). The fraction of sp³-hybridized carbons (Fsp3) is 0.312. The van der Waals surface area contributed by atoms with E-state index in [-0.39, 0.29) is 0 Å². The molecule has 0 saturated carbocycles. The lowest BCUT2D eigenvalue weighted by molar-refractivity contribution is 0.762. The van der Waals surface area contributed by atoms with E-state index in [4.69, 9.17) is 12.2 Å². The Balaban J connectivity index is 2.58. The normalized spacial score (nSPS) is 11.7. The van der Waals surface area contributed by atoms with E-state index in [2.05, 4.69) is 30.2 Å². The molecule has 0 aliphatic rings. The molecule has 0 aliphatic carbocycles. The highest BCUT2D eigenvalue weighted by Gasteiger charge is 2.12. The van der Waals surface area contributed by atoms with E-state index in [1.807, 2.05) is 31.2 Å². The lowest BCUT2D eigenvalue weighted by atomic mass is 10.1. The quantitative estimate of drug-likeness (QED) is 0.813. The summed E-state index contributed by atoms with van der Waals surface area (Å²) >= 11 is 6.72. The van der Waals surface area contributed by atoms with Crippen LogP contribution in [0, 0.1) is 22.1 Å². The molecule has 1 heterocycles. The average Bonchev–Trinajstić information content (AvgIpc) is 2.46. The van der Waals surface area contributed by atoms with Crippen LogP contribution in [0.3, 0.4) is 0 Å². The number of nitrogens with one attached hydrogen (secondary N) is 1. The summed E-state index contributed by atoms with van der Waals surface area (Å²) in [6, 6.07) is 10.5. The zero-order valence-corrected chi connectivity index (χ0v) is 13.9. The zero-order valence-electron chi connectivity index (χ0n) is 12.3. The summed E-state index contributed by atoms with van der Waals surface area (Å²) in [4.78, 5) is 4.62. The molecule has 21 heavy (non-hydrogen) atoms. The van der Waals surface area contributed by atoms with Crippen molar-refractivity contribution in [2.45, 2.75) is 33.2 Å². The summed E-state index contributed by atoms with van der Waals surface area (Å²) in [5, 5.41) is 13.5. The average molecular weight is 315 g/mol. The van der Waals surface area contributed by atoms with Crippen molar-refractivity contribution in [2.24, 2.45) is 0 Å². The van der Waals surface area contributed by atoms with Crippen LogP contribution in [-0.4, -0.2) is 11.0 Å². The predicted molar refractivity (Wildman–Crippen MR) is 91.2 cm³/mol. The van der Waals surface area contributed by atoms with Crippen molar-refractivity contribution in [2.75, 3.05) is 5.32 Å². The Morgan fingerprint density at radius 1 is 1.48 bits per heavy atom. The van der Waals surface area contributed by atoms with Gasteiger partial charge in [0.1, 0.15) is 15.5 Å². The van der Waals surface area contributed by atoms with E-state index >= 15 is 0 Å². The van der Waals surface area contributed by atoms with E-state index in [1.54, 1.807) is 0 Å². The van der Waals surface area contributed by atoms with E-state index in [0.717, 1.165) is 22.7 Å². The molecule has 0 amide bonds. The number of benzene rings is 1. The number of anilines is 1. The van der Waals surface area contributed by atoms with E-state index < -0.39 is 0 Å². The Hall–Kier alpha value is -1.77. The maximum absolute atomic E-state index is 9.38. The fourth-order valence-corrected chi connectivity index (χ4v) is 3.09. The molecule has 2 aromatic rings. The molecule has 1 atom stereocenters. The third kappa shape index (κ3) is 3.66. The number of hydrogen-bond acceptors (Lipinski definition) is 5. The summed E-state index contributed by atoms with van der Waals surface area (Å²) in [7, 11) is 0. The van der Waals surface area contributed by atoms with Crippen LogP contribution in [0.5, 0.6) is 0 Å². The Bertz CT molecular complexity index is 744. The summed E-state index contributed by atoms with van der Waals surface area (Å²) in [6.07, 6.45) is 1.00. The Morgan fingerprint density at radius 3 is 2.86 bits per heavy atom. The van der Waals surface area contributed by atoms with Crippen molar-refractivity contribution in [3.63, 3.8) is 0 Å². The van der Waals surface area contributed by atoms with Gasteiger partial charge >= 0.3 is 0 Å². The van der Waals surface area contributed by atoms with E-state index in [9.17, 15) is 5.26 Å². The summed E-state index contributed by atoms with van der Waals surface area (Å²) in [5.74, 6) is 0. The van der Waals surface area contributed by atoms with Crippen LogP contribution < -0.4 is 5.32 Å². The molecule has 108 valence electrons. The van der Waals surface area contributed by atoms with Crippen LogP contribution in [0.2, 0.25) is 0 Å². The third-order valence-electron chi connectivity index (χ3n) is 3.23. The first kappa shape index (κ1) is 15.6. The van der Waals surface area contributed by atoms with Crippen LogP contribution >= 0.6 is 23.6 Å². The van der Waals surface area contributed by atoms with Gasteiger partial charge in [-0.1, -0.05) is 54.2 Å². The Labute approximate surface area is 134 Å². The first-order valence-electron chi connectivity index (χ1n) is 6.84. The molecule has 0 radical (unpaired) electrons. The molecule has 1 aromatic carbocycles. The van der Waals surface area contributed by atoms with Crippen molar-refractivity contribution >= 4 is 28.7 Å². The van der Waals surface area contributed by atoms with Gasteiger partial charge in [0.2, 0.25) is 0 Å². The molecule has 2 rings (SSSR count). The van der Waals surface area contributed by atoms with Crippen molar-refractivity contribution in [1.82, 2.24) is 4.98 Å². The smallest absolute Gasteiger partial charge is 0.184 e. The second-order valence-corrected chi connectivity index (χ2v) is 6.63. The molecule has 1 aromatic heterocycles. The summed E-state index contributed by atoms with van der Waals surface area (Å²) in [5.41, 5.74) is 3.21. The molecule has 0 saturated heterocycles. The molecule has 5 heteroatoms. The highest BCUT2D eigenvalue weighted by atomic mass is 32.1.